The molecule has 1 heterocycles. The van der Waals surface area contributed by atoms with E-state index in [1.165, 1.54) is 0 Å². The van der Waals surface area contributed by atoms with E-state index < -0.39 is 17.7 Å². The molecule has 1 aromatic heterocycles. The molecule has 6 heteroatoms. The number of halogens is 3. The minimum Gasteiger partial charge on any atom is -0.459 e. The smallest absolute Gasteiger partial charge is 0.417 e. The highest BCUT2D eigenvalue weighted by Gasteiger charge is 2.30. The van der Waals surface area contributed by atoms with Crippen molar-refractivity contribution in [3.8, 4) is 11.8 Å². The molecule has 0 atom stereocenters. The average molecular weight is 229 g/mol. The fourth-order valence-corrected chi connectivity index (χ4v) is 0.838. The summed E-state index contributed by atoms with van der Waals surface area (Å²) >= 11 is 0. The van der Waals surface area contributed by atoms with Crippen molar-refractivity contribution in [1.29, 1.82) is 0 Å². The van der Waals surface area contributed by atoms with Crippen LogP contribution in [0, 0.1) is 11.8 Å². The van der Waals surface area contributed by atoms with Crippen molar-refractivity contribution in [2.45, 2.75) is 6.18 Å². The van der Waals surface area contributed by atoms with E-state index in [-0.39, 0.29) is 5.56 Å². The summed E-state index contributed by atoms with van der Waals surface area (Å²) in [7, 11) is 1.13. The number of hydrogen-bond donors (Lipinski definition) is 0. The molecule has 0 aliphatic heterocycles. The molecule has 0 saturated carbocycles. The molecule has 0 radical (unpaired) electrons. The van der Waals surface area contributed by atoms with Gasteiger partial charge < -0.3 is 4.74 Å². The summed E-state index contributed by atoms with van der Waals surface area (Å²) < 4.78 is 41.0. The highest BCUT2D eigenvalue weighted by molar-refractivity contribution is 5.88. The van der Waals surface area contributed by atoms with Crippen LogP contribution in [0.2, 0.25) is 0 Å². The van der Waals surface area contributed by atoms with Crippen LogP contribution in [-0.2, 0) is 15.7 Å². The maximum atomic E-state index is 12.3. The first kappa shape index (κ1) is 12.0. The number of esters is 1. The summed E-state index contributed by atoms with van der Waals surface area (Å²) in [6.07, 6.45) is -2.66. The van der Waals surface area contributed by atoms with Crippen LogP contribution in [-0.4, -0.2) is 18.1 Å². The molecule has 1 aromatic rings. The molecular weight excluding hydrogens is 223 g/mol. The monoisotopic (exact) mass is 229 g/mol. The zero-order valence-corrected chi connectivity index (χ0v) is 8.13. The Morgan fingerprint density at radius 2 is 2.12 bits per heavy atom. The Morgan fingerprint density at radius 3 is 2.69 bits per heavy atom. The summed E-state index contributed by atoms with van der Waals surface area (Å²) in [5, 5.41) is 0. The maximum absolute atomic E-state index is 12.3. The lowest BCUT2D eigenvalue weighted by Gasteiger charge is -2.04. The molecule has 0 aliphatic rings. The fourth-order valence-electron chi connectivity index (χ4n) is 0.838. The summed E-state index contributed by atoms with van der Waals surface area (Å²) in [6.45, 7) is 0. The number of methoxy groups -OCH3 is 1. The van der Waals surface area contributed by atoms with Crippen LogP contribution in [0.5, 0.6) is 0 Å². The van der Waals surface area contributed by atoms with Crippen molar-refractivity contribution in [2.24, 2.45) is 0 Å². The predicted octanol–water partition coefficient (Wildman–Crippen LogP) is 1.62. The van der Waals surface area contributed by atoms with Gasteiger partial charge in [0.15, 0.2) is 0 Å². The normalized spacial score (nSPS) is 10.2. The van der Waals surface area contributed by atoms with Crippen LogP contribution in [0.15, 0.2) is 18.5 Å². The van der Waals surface area contributed by atoms with Crippen molar-refractivity contribution >= 4 is 5.97 Å². The van der Waals surface area contributed by atoms with Crippen molar-refractivity contribution in [1.82, 2.24) is 4.98 Å². The SMILES string of the molecule is COC(=O)C#Cc1cncc(C(F)(F)F)c1. The molecule has 0 saturated heterocycles. The Balaban J connectivity index is 2.99. The number of carbonyl (C=O) groups is 1. The Kier molecular flexibility index (Phi) is 3.51. The lowest BCUT2D eigenvalue weighted by Crippen LogP contribution is -2.05. The molecule has 16 heavy (non-hydrogen) atoms. The van der Waals surface area contributed by atoms with Crippen molar-refractivity contribution in [3.63, 3.8) is 0 Å². The minimum atomic E-state index is -4.48. The molecule has 0 bridgehead atoms. The number of hydrogen-bond acceptors (Lipinski definition) is 3. The summed E-state index contributed by atoms with van der Waals surface area (Å²) in [5.74, 6) is 3.41. The molecule has 0 fully saturated rings. The Bertz CT molecular complexity index is 457. The van der Waals surface area contributed by atoms with Crippen LogP contribution >= 0.6 is 0 Å². The van der Waals surface area contributed by atoms with Crippen LogP contribution in [0.1, 0.15) is 11.1 Å². The third kappa shape index (κ3) is 3.28. The molecule has 3 nitrogen and oxygen atoms in total. The van der Waals surface area contributed by atoms with Crippen LogP contribution < -0.4 is 0 Å². The van der Waals surface area contributed by atoms with Gasteiger partial charge in [-0.2, -0.15) is 13.2 Å². The highest BCUT2D eigenvalue weighted by Crippen LogP contribution is 2.28. The summed E-state index contributed by atoms with van der Waals surface area (Å²) in [5.41, 5.74) is -0.913. The maximum Gasteiger partial charge on any atom is 0.417 e. The Hall–Kier alpha value is -2.03. The van der Waals surface area contributed by atoms with Gasteiger partial charge >= 0.3 is 12.1 Å². The standard InChI is InChI=1S/C10H6F3NO2/c1-16-9(15)3-2-7-4-8(6-14-5-7)10(11,12)13/h4-6H,1H3. The molecule has 1 rings (SSSR count). The molecule has 0 unspecified atom stereocenters. The number of pyridine rings is 1. The number of alkyl halides is 3. The van der Waals surface area contributed by atoms with Crippen molar-refractivity contribution in [2.75, 3.05) is 7.11 Å². The predicted molar refractivity (Wildman–Crippen MR) is 48.1 cm³/mol. The summed E-state index contributed by atoms with van der Waals surface area (Å²) in [4.78, 5) is 14.0. The van der Waals surface area contributed by atoms with Gasteiger partial charge in [0.2, 0.25) is 0 Å². The first-order valence-electron chi connectivity index (χ1n) is 4.05. The molecule has 0 aromatic carbocycles. The number of rotatable bonds is 0. The van der Waals surface area contributed by atoms with E-state index in [2.05, 4.69) is 15.6 Å². The lowest BCUT2D eigenvalue weighted by molar-refractivity contribution is -0.138. The largest absolute Gasteiger partial charge is 0.459 e. The third-order valence-corrected chi connectivity index (χ3v) is 1.56. The average Bonchev–Trinajstić information content (AvgIpc) is 2.25. The quantitative estimate of drug-likeness (QED) is 0.501. The number of nitrogens with zero attached hydrogens (tertiary/aromatic N) is 1. The number of ether oxygens (including phenoxy) is 1. The van der Waals surface area contributed by atoms with Gasteiger partial charge in [0.05, 0.1) is 12.7 Å². The van der Waals surface area contributed by atoms with Gasteiger partial charge in [0.25, 0.3) is 0 Å². The van der Waals surface area contributed by atoms with E-state index in [1.54, 1.807) is 0 Å². The molecular formula is C10H6F3NO2. The Labute approximate surface area is 89.2 Å². The van der Waals surface area contributed by atoms with E-state index in [0.717, 1.165) is 19.4 Å². The molecule has 0 N–H and O–H groups in total. The van der Waals surface area contributed by atoms with Crippen molar-refractivity contribution in [3.05, 3.63) is 29.6 Å². The molecule has 0 amide bonds. The first-order chi connectivity index (χ1) is 7.43. The third-order valence-electron chi connectivity index (χ3n) is 1.56. The zero-order chi connectivity index (χ0) is 12.2. The molecule has 0 spiro atoms. The second-order valence-corrected chi connectivity index (χ2v) is 2.70. The van der Waals surface area contributed by atoms with Crippen LogP contribution in [0.4, 0.5) is 13.2 Å². The molecule has 84 valence electrons. The van der Waals surface area contributed by atoms with E-state index in [9.17, 15) is 18.0 Å². The van der Waals surface area contributed by atoms with Crippen LogP contribution in [0.25, 0.3) is 0 Å². The van der Waals surface area contributed by atoms with E-state index in [1.807, 2.05) is 5.92 Å². The van der Waals surface area contributed by atoms with Crippen molar-refractivity contribution < 1.29 is 22.7 Å². The number of carbonyl (C=O) groups excluding carboxylic acids is 1. The van der Waals surface area contributed by atoms with Gasteiger partial charge in [-0.1, -0.05) is 5.92 Å². The van der Waals surface area contributed by atoms with E-state index in [0.29, 0.717) is 6.20 Å². The second-order valence-electron chi connectivity index (χ2n) is 2.70. The first-order valence-corrected chi connectivity index (χ1v) is 4.05. The van der Waals surface area contributed by atoms with Gasteiger partial charge in [-0.15, -0.1) is 0 Å². The highest BCUT2D eigenvalue weighted by atomic mass is 19.4. The molecule has 0 aliphatic carbocycles. The van der Waals surface area contributed by atoms with Gasteiger partial charge in [0.1, 0.15) is 0 Å². The van der Waals surface area contributed by atoms with Gasteiger partial charge in [-0.05, 0) is 6.07 Å². The number of aromatic nitrogens is 1. The van der Waals surface area contributed by atoms with Gasteiger partial charge in [0, 0.05) is 23.9 Å². The minimum absolute atomic E-state index is 0.000208. The van der Waals surface area contributed by atoms with Gasteiger partial charge in [-0.3, -0.25) is 4.98 Å². The summed E-state index contributed by atoms with van der Waals surface area (Å²) in [6, 6.07) is 0.808. The fraction of sp³-hybridized carbons (Fsp3) is 0.200. The van der Waals surface area contributed by atoms with E-state index >= 15 is 0 Å². The van der Waals surface area contributed by atoms with Crippen LogP contribution in [0.3, 0.4) is 0 Å². The second kappa shape index (κ2) is 4.66. The lowest BCUT2D eigenvalue weighted by atomic mass is 10.2. The zero-order valence-electron chi connectivity index (χ0n) is 8.13. The topological polar surface area (TPSA) is 39.2 Å². The Morgan fingerprint density at radius 1 is 1.44 bits per heavy atom. The van der Waals surface area contributed by atoms with E-state index in [4.69, 9.17) is 0 Å². The van der Waals surface area contributed by atoms with Gasteiger partial charge in [-0.25, -0.2) is 4.79 Å².